The molecule has 0 saturated carbocycles. The lowest BCUT2D eigenvalue weighted by Gasteiger charge is -2.14. The minimum atomic E-state index is -0.108. The van der Waals surface area contributed by atoms with Crippen molar-refractivity contribution in [1.29, 1.82) is 0 Å². The van der Waals surface area contributed by atoms with Crippen LogP contribution in [0.15, 0.2) is 24.3 Å². The van der Waals surface area contributed by atoms with Crippen LogP contribution in [0.2, 0.25) is 0 Å². The van der Waals surface area contributed by atoms with E-state index in [-0.39, 0.29) is 12.5 Å². The van der Waals surface area contributed by atoms with E-state index in [0.29, 0.717) is 24.1 Å². The SMILES string of the molecule is CCN(C)CCNC(=O)c1ccccc1C#CCCO. The second-order valence-corrected chi connectivity index (χ2v) is 4.47. The summed E-state index contributed by atoms with van der Waals surface area (Å²) in [5.74, 6) is 5.66. The Bertz CT molecular complexity index is 489. The van der Waals surface area contributed by atoms with E-state index in [1.165, 1.54) is 0 Å². The largest absolute Gasteiger partial charge is 0.395 e. The molecule has 0 bridgehead atoms. The molecule has 0 aliphatic carbocycles. The van der Waals surface area contributed by atoms with Crippen LogP contribution in [0, 0.1) is 11.8 Å². The monoisotopic (exact) mass is 274 g/mol. The molecule has 0 atom stereocenters. The van der Waals surface area contributed by atoms with Crippen LogP contribution in [0.4, 0.5) is 0 Å². The number of carbonyl (C=O) groups excluding carboxylic acids is 1. The summed E-state index contributed by atoms with van der Waals surface area (Å²) in [6, 6.07) is 7.26. The van der Waals surface area contributed by atoms with Gasteiger partial charge in [0, 0.05) is 25.1 Å². The summed E-state index contributed by atoms with van der Waals surface area (Å²) in [6.07, 6.45) is 0.414. The highest BCUT2D eigenvalue weighted by Gasteiger charge is 2.08. The summed E-state index contributed by atoms with van der Waals surface area (Å²) in [5.41, 5.74) is 1.28. The van der Waals surface area contributed by atoms with Crippen LogP contribution < -0.4 is 5.32 Å². The van der Waals surface area contributed by atoms with Crippen LogP contribution in [0.25, 0.3) is 0 Å². The molecule has 108 valence electrons. The second kappa shape index (κ2) is 9.13. The Morgan fingerprint density at radius 1 is 1.40 bits per heavy atom. The molecule has 0 aliphatic heterocycles. The number of carbonyl (C=O) groups is 1. The molecular weight excluding hydrogens is 252 g/mol. The number of hydrogen-bond donors (Lipinski definition) is 2. The van der Waals surface area contributed by atoms with Crippen molar-refractivity contribution in [1.82, 2.24) is 10.2 Å². The number of nitrogens with zero attached hydrogens (tertiary/aromatic N) is 1. The van der Waals surface area contributed by atoms with Gasteiger partial charge in [0.2, 0.25) is 0 Å². The standard InChI is InChI=1S/C16H22N2O2/c1-3-18(2)12-11-17-16(20)15-10-5-4-8-14(15)9-6-7-13-19/h4-5,8,10,19H,3,7,11-13H2,1-2H3,(H,17,20). The Hall–Kier alpha value is -1.83. The lowest BCUT2D eigenvalue weighted by atomic mass is 10.1. The van der Waals surface area contributed by atoms with Gasteiger partial charge < -0.3 is 15.3 Å². The number of hydrogen-bond acceptors (Lipinski definition) is 3. The molecule has 1 amide bonds. The zero-order valence-electron chi connectivity index (χ0n) is 12.1. The van der Waals surface area contributed by atoms with Crippen LogP contribution in [-0.2, 0) is 0 Å². The van der Waals surface area contributed by atoms with Crippen LogP contribution in [0.5, 0.6) is 0 Å². The molecule has 0 radical (unpaired) electrons. The molecule has 0 fully saturated rings. The molecule has 1 aromatic carbocycles. The van der Waals surface area contributed by atoms with Gasteiger partial charge in [0.25, 0.3) is 5.91 Å². The maximum Gasteiger partial charge on any atom is 0.252 e. The highest BCUT2D eigenvalue weighted by Crippen LogP contribution is 2.07. The first-order chi connectivity index (χ1) is 9.69. The number of aliphatic hydroxyl groups excluding tert-OH is 1. The van der Waals surface area contributed by atoms with Gasteiger partial charge in [-0.15, -0.1) is 0 Å². The molecule has 0 saturated heterocycles. The van der Waals surface area contributed by atoms with Crippen molar-refractivity contribution in [2.75, 3.05) is 33.3 Å². The van der Waals surface area contributed by atoms with Gasteiger partial charge in [-0.3, -0.25) is 4.79 Å². The Morgan fingerprint density at radius 3 is 2.85 bits per heavy atom. The fourth-order valence-electron chi connectivity index (χ4n) is 1.62. The molecule has 1 rings (SSSR count). The van der Waals surface area contributed by atoms with Crippen molar-refractivity contribution in [3.8, 4) is 11.8 Å². The van der Waals surface area contributed by atoms with E-state index in [9.17, 15) is 4.79 Å². The summed E-state index contributed by atoms with van der Waals surface area (Å²) in [7, 11) is 2.01. The van der Waals surface area contributed by atoms with Crippen LogP contribution >= 0.6 is 0 Å². The normalized spacial score (nSPS) is 10.0. The van der Waals surface area contributed by atoms with Crippen molar-refractivity contribution in [2.45, 2.75) is 13.3 Å². The molecule has 0 spiro atoms. The van der Waals surface area contributed by atoms with Crippen LogP contribution in [0.1, 0.15) is 29.3 Å². The number of aliphatic hydroxyl groups is 1. The molecule has 1 aromatic rings. The second-order valence-electron chi connectivity index (χ2n) is 4.47. The predicted octanol–water partition coefficient (Wildman–Crippen LogP) is 1.10. The average molecular weight is 274 g/mol. The Labute approximate surface area is 120 Å². The molecule has 0 heterocycles. The topological polar surface area (TPSA) is 52.6 Å². The summed E-state index contributed by atoms with van der Waals surface area (Å²) in [6.45, 7) is 4.50. The van der Waals surface area contributed by atoms with Gasteiger partial charge in [-0.2, -0.15) is 0 Å². The molecule has 4 heteroatoms. The summed E-state index contributed by atoms with van der Waals surface area (Å²) in [5, 5.41) is 11.6. The van der Waals surface area contributed by atoms with Gasteiger partial charge in [-0.1, -0.05) is 30.9 Å². The lowest BCUT2D eigenvalue weighted by Crippen LogP contribution is -2.33. The third-order valence-corrected chi connectivity index (χ3v) is 2.95. The molecular formula is C16H22N2O2. The van der Waals surface area contributed by atoms with Crippen molar-refractivity contribution in [2.24, 2.45) is 0 Å². The predicted molar refractivity (Wildman–Crippen MR) is 80.5 cm³/mol. The molecule has 2 N–H and O–H groups in total. The minimum Gasteiger partial charge on any atom is -0.395 e. The quantitative estimate of drug-likeness (QED) is 0.764. The van der Waals surface area contributed by atoms with E-state index in [1.54, 1.807) is 6.07 Å². The fraction of sp³-hybridized carbons (Fsp3) is 0.438. The first kappa shape index (κ1) is 16.2. The Balaban J connectivity index is 2.66. The third-order valence-electron chi connectivity index (χ3n) is 2.95. The highest BCUT2D eigenvalue weighted by atomic mass is 16.2. The molecule has 4 nitrogen and oxygen atoms in total. The van der Waals surface area contributed by atoms with Crippen LogP contribution in [-0.4, -0.2) is 49.2 Å². The van der Waals surface area contributed by atoms with Crippen molar-refractivity contribution < 1.29 is 9.90 Å². The number of likely N-dealkylation sites (N-methyl/N-ethyl adjacent to an activating group) is 1. The molecule has 0 aromatic heterocycles. The fourth-order valence-corrected chi connectivity index (χ4v) is 1.62. The minimum absolute atomic E-state index is 0.0325. The van der Waals surface area contributed by atoms with Crippen molar-refractivity contribution in [3.63, 3.8) is 0 Å². The zero-order valence-corrected chi connectivity index (χ0v) is 12.1. The first-order valence-corrected chi connectivity index (χ1v) is 6.84. The molecule has 0 unspecified atom stereocenters. The van der Waals surface area contributed by atoms with Gasteiger partial charge in [-0.05, 0) is 25.7 Å². The van der Waals surface area contributed by atoms with Crippen molar-refractivity contribution in [3.05, 3.63) is 35.4 Å². The van der Waals surface area contributed by atoms with Crippen molar-refractivity contribution >= 4 is 5.91 Å². The van der Waals surface area contributed by atoms with Gasteiger partial charge in [0.15, 0.2) is 0 Å². The van der Waals surface area contributed by atoms with Gasteiger partial charge >= 0.3 is 0 Å². The molecule has 0 aliphatic rings. The number of benzene rings is 1. The maximum atomic E-state index is 12.1. The number of amides is 1. The van der Waals surface area contributed by atoms with E-state index >= 15 is 0 Å². The van der Waals surface area contributed by atoms with E-state index in [1.807, 2.05) is 25.2 Å². The maximum absolute atomic E-state index is 12.1. The molecule has 20 heavy (non-hydrogen) atoms. The van der Waals surface area contributed by atoms with E-state index in [2.05, 4.69) is 29.0 Å². The van der Waals surface area contributed by atoms with Gasteiger partial charge in [0.05, 0.1) is 12.2 Å². The van der Waals surface area contributed by atoms with E-state index in [4.69, 9.17) is 5.11 Å². The number of rotatable bonds is 6. The lowest BCUT2D eigenvalue weighted by molar-refractivity contribution is 0.0950. The van der Waals surface area contributed by atoms with E-state index in [0.717, 1.165) is 13.1 Å². The first-order valence-electron chi connectivity index (χ1n) is 6.84. The Morgan fingerprint density at radius 2 is 2.15 bits per heavy atom. The smallest absolute Gasteiger partial charge is 0.252 e. The highest BCUT2D eigenvalue weighted by molar-refractivity contribution is 5.96. The third kappa shape index (κ3) is 5.43. The van der Waals surface area contributed by atoms with Gasteiger partial charge in [-0.25, -0.2) is 0 Å². The summed E-state index contributed by atoms with van der Waals surface area (Å²) < 4.78 is 0. The van der Waals surface area contributed by atoms with Gasteiger partial charge in [0.1, 0.15) is 0 Å². The Kier molecular flexibility index (Phi) is 7.41. The average Bonchev–Trinajstić information content (AvgIpc) is 2.47. The van der Waals surface area contributed by atoms with E-state index < -0.39 is 0 Å². The van der Waals surface area contributed by atoms with Crippen LogP contribution in [0.3, 0.4) is 0 Å². The summed E-state index contributed by atoms with van der Waals surface area (Å²) in [4.78, 5) is 14.3. The number of nitrogens with one attached hydrogen (secondary N) is 1. The summed E-state index contributed by atoms with van der Waals surface area (Å²) >= 11 is 0. The zero-order chi connectivity index (χ0) is 14.8.